The van der Waals surface area contributed by atoms with Crippen LogP contribution in [-0.4, -0.2) is 59.5 Å². The number of methoxy groups -OCH3 is 2. The molecule has 0 spiro atoms. The van der Waals surface area contributed by atoms with E-state index in [0.29, 0.717) is 90.6 Å². The van der Waals surface area contributed by atoms with Gasteiger partial charge in [0.1, 0.15) is 40.8 Å². The summed E-state index contributed by atoms with van der Waals surface area (Å²) in [6.45, 7) is 1.97. The van der Waals surface area contributed by atoms with Crippen LogP contribution in [0.5, 0.6) is 11.5 Å². The summed E-state index contributed by atoms with van der Waals surface area (Å²) >= 11 is 1.56. The highest BCUT2D eigenvalue weighted by atomic mass is 32.1. The number of nitrogen functional groups attached to an aromatic ring is 1. The van der Waals surface area contributed by atoms with Gasteiger partial charge in [-0.1, -0.05) is 36.4 Å². The van der Waals surface area contributed by atoms with Gasteiger partial charge in [-0.25, -0.2) is 15.0 Å². The summed E-state index contributed by atoms with van der Waals surface area (Å²) in [5.74, 6) is 3.00. The molecule has 0 saturated heterocycles. The van der Waals surface area contributed by atoms with E-state index in [0.717, 1.165) is 27.4 Å². The van der Waals surface area contributed by atoms with E-state index < -0.39 is 0 Å². The van der Waals surface area contributed by atoms with Crippen LogP contribution in [0.1, 0.15) is 5.01 Å². The molecule has 0 unspecified atom stereocenters. The Kier molecular flexibility index (Phi) is 8.67. The SMILES string of the molecule is COc1ccc(-c2ccccc2)cc1Nc1nc(N)nc2[nH]nc(-c3occc3-c3cc(-c4csc(C)n4)cc(Nc4ncnc5[nH]nc(-c6ccco6)c45)c3OC)c12. The molecule has 10 aromatic rings. The van der Waals surface area contributed by atoms with Gasteiger partial charge in [0.2, 0.25) is 5.95 Å². The molecule has 10 rings (SSSR count). The number of nitrogens with two attached hydrogens (primary N) is 1. The molecule has 3 aromatic carbocycles. The number of benzene rings is 3. The summed E-state index contributed by atoms with van der Waals surface area (Å²) < 4.78 is 24.0. The molecule has 0 bridgehead atoms. The average molecular weight is 801 g/mol. The maximum atomic E-state index is 6.29. The van der Waals surface area contributed by atoms with E-state index in [9.17, 15) is 0 Å². The van der Waals surface area contributed by atoms with Gasteiger partial charge in [0.15, 0.2) is 22.8 Å². The standard InChI is InChI=1S/C42H32N12O4S/c1-21-46-29(19-59-21)24-16-26(36(56-3)28(18-24)48-38-32-34(31-10-7-14-57-31)51-53-39(32)45-20-44-38)25-13-15-58-37(25)35-33-40(49-42(43)50-41(33)54-52-35)47-27-17-23(11-12-30(27)55-2)22-8-5-4-6-9-22/h4-20H,1-3H3,(H2,44,45,48,51,53)(H4,43,47,49,50,52,54). The van der Waals surface area contributed by atoms with Crippen molar-refractivity contribution >= 4 is 62.4 Å². The van der Waals surface area contributed by atoms with Crippen LogP contribution >= 0.6 is 11.3 Å². The van der Waals surface area contributed by atoms with Gasteiger partial charge < -0.3 is 34.7 Å². The third-order valence-electron chi connectivity index (χ3n) is 9.74. The summed E-state index contributed by atoms with van der Waals surface area (Å²) in [4.78, 5) is 23.0. The Bertz CT molecular complexity index is 3130. The normalized spacial score (nSPS) is 11.4. The van der Waals surface area contributed by atoms with Crippen LogP contribution in [0.3, 0.4) is 0 Å². The Labute approximate surface area is 338 Å². The minimum absolute atomic E-state index is 0.0448. The zero-order valence-electron chi connectivity index (χ0n) is 31.6. The fourth-order valence-electron chi connectivity index (χ4n) is 7.11. The van der Waals surface area contributed by atoms with E-state index in [4.69, 9.17) is 34.1 Å². The summed E-state index contributed by atoms with van der Waals surface area (Å²) in [5.41, 5.74) is 14.4. The first-order valence-corrected chi connectivity index (χ1v) is 19.1. The fourth-order valence-corrected chi connectivity index (χ4v) is 7.73. The van der Waals surface area contributed by atoms with Crippen molar-refractivity contribution in [3.8, 4) is 67.9 Å². The van der Waals surface area contributed by atoms with Gasteiger partial charge in [0.05, 0.1) is 59.6 Å². The number of rotatable bonds is 11. The van der Waals surface area contributed by atoms with Crippen molar-refractivity contribution in [3.05, 3.63) is 108 Å². The maximum Gasteiger partial charge on any atom is 0.224 e. The lowest BCUT2D eigenvalue weighted by molar-refractivity contribution is 0.417. The number of thiazole rings is 1. The van der Waals surface area contributed by atoms with Gasteiger partial charge in [-0.05, 0) is 60.5 Å². The molecule has 0 fully saturated rings. The third-order valence-corrected chi connectivity index (χ3v) is 10.5. The first-order valence-electron chi connectivity index (χ1n) is 18.2. The molecule has 16 nitrogen and oxygen atoms in total. The highest BCUT2D eigenvalue weighted by molar-refractivity contribution is 7.09. The van der Waals surface area contributed by atoms with Gasteiger partial charge in [0, 0.05) is 22.1 Å². The molecule has 0 aliphatic heterocycles. The average Bonchev–Trinajstić information content (AvgIpc) is 4.11. The number of fused-ring (bicyclic) bond motifs is 2. The van der Waals surface area contributed by atoms with Crippen LogP contribution in [0.15, 0.2) is 112 Å². The quantitative estimate of drug-likeness (QED) is 0.0824. The molecule has 290 valence electrons. The second-order valence-corrected chi connectivity index (χ2v) is 14.3. The van der Waals surface area contributed by atoms with E-state index in [1.165, 1.54) is 6.33 Å². The smallest absolute Gasteiger partial charge is 0.224 e. The Hall–Kier alpha value is -8.05. The van der Waals surface area contributed by atoms with Crippen LogP contribution < -0.4 is 25.8 Å². The Balaban J connectivity index is 1.12. The molecule has 0 atom stereocenters. The molecule has 59 heavy (non-hydrogen) atoms. The summed E-state index contributed by atoms with van der Waals surface area (Å²) in [5, 5.41) is 26.3. The van der Waals surface area contributed by atoms with Crippen LogP contribution in [0.25, 0.3) is 78.5 Å². The molecular weight excluding hydrogens is 769 g/mol. The second-order valence-electron chi connectivity index (χ2n) is 13.3. The number of nitrogens with one attached hydrogen (secondary N) is 4. The Morgan fingerprint density at radius 3 is 2.31 bits per heavy atom. The largest absolute Gasteiger partial charge is 0.495 e. The molecule has 7 heterocycles. The number of furan rings is 2. The van der Waals surface area contributed by atoms with Crippen molar-refractivity contribution < 1.29 is 18.3 Å². The molecule has 0 radical (unpaired) electrons. The molecule has 17 heteroatoms. The van der Waals surface area contributed by atoms with E-state index in [-0.39, 0.29) is 5.95 Å². The number of hydrogen-bond donors (Lipinski definition) is 5. The molecule has 0 aliphatic carbocycles. The molecule has 0 amide bonds. The first-order chi connectivity index (χ1) is 28.9. The Morgan fingerprint density at radius 1 is 0.695 bits per heavy atom. The summed E-state index contributed by atoms with van der Waals surface area (Å²) in [6, 6.07) is 25.4. The van der Waals surface area contributed by atoms with Gasteiger partial charge in [-0.3, -0.25) is 10.2 Å². The lowest BCUT2D eigenvalue weighted by Crippen LogP contribution is -2.03. The number of nitrogens with zero attached hydrogens (tertiary/aromatic N) is 7. The lowest BCUT2D eigenvalue weighted by Gasteiger charge is -2.17. The van der Waals surface area contributed by atoms with Crippen LogP contribution in [-0.2, 0) is 0 Å². The zero-order chi connectivity index (χ0) is 40.0. The lowest BCUT2D eigenvalue weighted by atomic mass is 9.98. The molecule has 7 aromatic heterocycles. The number of aromatic amines is 2. The molecule has 0 aliphatic rings. The maximum absolute atomic E-state index is 6.29. The molecule has 6 N–H and O–H groups in total. The van der Waals surface area contributed by atoms with Crippen molar-refractivity contribution in [2.45, 2.75) is 6.92 Å². The number of H-pyrrole nitrogens is 2. The second kappa shape index (κ2) is 14.5. The van der Waals surface area contributed by atoms with Crippen LogP contribution in [0.4, 0.5) is 29.0 Å². The highest BCUT2D eigenvalue weighted by Gasteiger charge is 2.27. The van der Waals surface area contributed by atoms with Crippen molar-refractivity contribution in [1.29, 1.82) is 0 Å². The first kappa shape index (κ1) is 35.4. The fraction of sp³-hybridized carbons (Fsp3) is 0.0714. The third kappa shape index (κ3) is 6.31. The van der Waals surface area contributed by atoms with Crippen molar-refractivity contribution in [3.63, 3.8) is 0 Å². The van der Waals surface area contributed by atoms with Gasteiger partial charge in [-0.2, -0.15) is 20.2 Å². The van der Waals surface area contributed by atoms with Crippen LogP contribution in [0, 0.1) is 6.92 Å². The highest BCUT2D eigenvalue weighted by Crippen LogP contribution is 2.47. The number of anilines is 5. The zero-order valence-corrected chi connectivity index (χ0v) is 32.4. The number of aromatic nitrogens is 9. The van der Waals surface area contributed by atoms with Gasteiger partial charge in [-0.15, -0.1) is 11.3 Å². The van der Waals surface area contributed by atoms with E-state index >= 15 is 0 Å². The van der Waals surface area contributed by atoms with Gasteiger partial charge >= 0.3 is 0 Å². The number of aryl methyl sites for hydroxylation is 1. The van der Waals surface area contributed by atoms with Crippen molar-refractivity contribution in [1.82, 2.24) is 45.3 Å². The van der Waals surface area contributed by atoms with E-state index in [1.54, 1.807) is 44.1 Å². The Morgan fingerprint density at radius 2 is 1.51 bits per heavy atom. The number of ether oxygens (including phenoxy) is 2. The summed E-state index contributed by atoms with van der Waals surface area (Å²) in [6.07, 6.45) is 4.65. The monoisotopic (exact) mass is 800 g/mol. The van der Waals surface area contributed by atoms with E-state index in [1.807, 2.05) is 85.1 Å². The predicted octanol–water partition coefficient (Wildman–Crippen LogP) is 9.39. The summed E-state index contributed by atoms with van der Waals surface area (Å²) in [7, 11) is 3.22. The van der Waals surface area contributed by atoms with Crippen LogP contribution in [0.2, 0.25) is 0 Å². The van der Waals surface area contributed by atoms with Crippen molar-refractivity contribution in [2.24, 2.45) is 0 Å². The van der Waals surface area contributed by atoms with E-state index in [2.05, 4.69) is 45.9 Å². The number of hydrogen-bond acceptors (Lipinski definition) is 15. The van der Waals surface area contributed by atoms with Crippen molar-refractivity contribution in [2.75, 3.05) is 30.6 Å². The minimum Gasteiger partial charge on any atom is -0.495 e. The predicted molar refractivity (Wildman–Crippen MR) is 226 cm³/mol. The minimum atomic E-state index is 0.0448. The molecular formula is C42H32N12O4S. The molecule has 0 saturated carbocycles. The topological polar surface area (TPSA) is 217 Å². The van der Waals surface area contributed by atoms with Gasteiger partial charge in [0.25, 0.3) is 0 Å².